The predicted molar refractivity (Wildman–Crippen MR) is 158 cm³/mol. The Bertz CT molecular complexity index is 1230. The molecule has 7 heteroatoms. The average molecular weight is 545 g/mol. The summed E-state index contributed by atoms with van der Waals surface area (Å²) >= 11 is 0. The van der Waals surface area contributed by atoms with Gasteiger partial charge in [0.05, 0.1) is 12.6 Å². The topological polar surface area (TPSA) is 95.9 Å². The largest absolute Gasteiger partial charge is 0.480 e. The first-order valence-corrected chi connectivity index (χ1v) is 13.9. The number of hydrogen-bond donors (Lipinski definition) is 2. The Labute approximate surface area is 237 Å². The summed E-state index contributed by atoms with van der Waals surface area (Å²) in [6.45, 7) is 7.45. The van der Waals surface area contributed by atoms with Crippen LogP contribution in [0.5, 0.6) is 0 Å². The zero-order valence-corrected chi connectivity index (χ0v) is 23.7. The van der Waals surface area contributed by atoms with Gasteiger partial charge in [-0.3, -0.25) is 19.8 Å². The SMILES string of the molecule is CCOC(=O)[C@H](CCc1ccccc1)N[C@@H](CC(C)C)C(=O)N(c1ccc(-c2ccccc2)cc1)[C@@H](C)C(=O)O. The summed E-state index contributed by atoms with van der Waals surface area (Å²) in [6, 6.07) is 24.3. The molecule has 0 saturated heterocycles. The molecule has 0 aliphatic rings. The highest BCUT2D eigenvalue weighted by Crippen LogP contribution is 2.26. The third kappa shape index (κ3) is 8.52. The van der Waals surface area contributed by atoms with Crippen LogP contribution in [0, 0.1) is 5.92 Å². The Morgan fingerprint density at radius 2 is 1.40 bits per heavy atom. The predicted octanol–water partition coefficient (Wildman–Crippen LogP) is 5.73. The van der Waals surface area contributed by atoms with Gasteiger partial charge in [-0.2, -0.15) is 0 Å². The van der Waals surface area contributed by atoms with Crippen LogP contribution in [0.2, 0.25) is 0 Å². The van der Waals surface area contributed by atoms with Crippen LogP contribution in [0.1, 0.15) is 46.1 Å². The Balaban J connectivity index is 1.91. The van der Waals surface area contributed by atoms with Gasteiger partial charge in [-0.1, -0.05) is 86.6 Å². The van der Waals surface area contributed by atoms with E-state index in [9.17, 15) is 19.5 Å². The second-order valence-electron chi connectivity index (χ2n) is 10.3. The minimum atomic E-state index is -1.12. The number of anilines is 1. The quantitative estimate of drug-likeness (QED) is 0.252. The van der Waals surface area contributed by atoms with E-state index < -0.39 is 36.0 Å². The van der Waals surface area contributed by atoms with E-state index in [4.69, 9.17) is 4.74 Å². The van der Waals surface area contributed by atoms with Gasteiger partial charge in [0.2, 0.25) is 5.91 Å². The van der Waals surface area contributed by atoms with Crippen molar-refractivity contribution in [3.8, 4) is 11.1 Å². The minimum Gasteiger partial charge on any atom is -0.480 e. The Kier molecular flexibility index (Phi) is 11.5. The van der Waals surface area contributed by atoms with Gasteiger partial charge in [0, 0.05) is 5.69 Å². The lowest BCUT2D eigenvalue weighted by atomic mass is 9.98. The van der Waals surface area contributed by atoms with Crippen molar-refractivity contribution >= 4 is 23.5 Å². The fourth-order valence-electron chi connectivity index (χ4n) is 4.69. The smallest absolute Gasteiger partial charge is 0.326 e. The van der Waals surface area contributed by atoms with Crippen LogP contribution in [-0.2, 0) is 25.5 Å². The number of amides is 1. The molecular weight excluding hydrogens is 504 g/mol. The molecule has 0 heterocycles. The first-order valence-electron chi connectivity index (χ1n) is 13.9. The fraction of sp³-hybridized carbons (Fsp3) is 0.364. The van der Waals surface area contributed by atoms with E-state index in [2.05, 4.69) is 5.32 Å². The van der Waals surface area contributed by atoms with Gasteiger partial charge in [0.1, 0.15) is 12.1 Å². The van der Waals surface area contributed by atoms with E-state index in [1.165, 1.54) is 11.8 Å². The first kappa shape index (κ1) is 30.6. The molecule has 0 bridgehead atoms. The van der Waals surface area contributed by atoms with Crippen molar-refractivity contribution in [1.29, 1.82) is 0 Å². The molecule has 0 saturated carbocycles. The lowest BCUT2D eigenvalue weighted by Gasteiger charge is -2.33. The summed E-state index contributed by atoms with van der Waals surface area (Å²) in [5, 5.41) is 13.2. The van der Waals surface area contributed by atoms with Gasteiger partial charge in [0.25, 0.3) is 0 Å². The van der Waals surface area contributed by atoms with Crippen molar-refractivity contribution in [1.82, 2.24) is 5.32 Å². The molecule has 3 aromatic carbocycles. The molecule has 3 rings (SSSR count). The number of ether oxygens (including phenoxy) is 1. The highest BCUT2D eigenvalue weighted by Gasteiger charge is 2.35. The monoisotopic (exact) mass is 544 g/mol. The zero-order valence-electron chi connectivity index (χ0n) is 23.7. The van der Waals surface area contributed by atoms with Crippen LogP contribution in [0.15, 0.2) is 84.9 Å². The van der Waals surface area contributed by atoms with Crippen LogP contribution < -0.4 is 10.2 Å². The molecule has 3 aromatic rings. The normalized spacial score (nSPS) is 13.3. The molecule has 3 atom stereocenters. The molecule has 1 amide bonds. The van der Waals surface area contributed by atoms with Crippen LogP contribution in [-0.4, -0.2) is 47.7 Å². The molecule has 0 unspecified atom stereocenters. The van der Waals surface area contributed by atoms with Crippen LogP contribution in [0.3, 0.4) is 0 Å². The summed E-state index contributed by atoms with van der Waals surface area (Å²) in [5.74, 6) is -1.83. The number of nitrogens with one attached hydrogen (secondary N) is 1. The Morgan fingerprint density at radius 1 is 0.825 bits per heavy atom. The summed E-state index contributed by atoms with van der Waals surface area (Å²) in [4.78, 5) is 40.5. The van der Waals surface area contributed by atoms with Crippen molar-refractivity contribution in [3.63, 3.8) is 0 Å². The van der Waals surface area contributed by atoms with Crippen LogP contribution >= 0.6 is 0 Å². The maximum absolute atomic E-state index is 14.1. The van der Waals surface area contributed by atoms with Gasteiger partial charge in [-0.05, 0) is 67.9 Å². The number of carbonyl (C=O) groups excluding carboxylic acids is 2. The second kappa shape index (κ2) is 15.0. The van der Waals surface area contributed by atoms with E-state index in [0.717, 1.165) is 16.7 Å². The first-order chi connectivity index (χ1) is 19.2. The lowest BCUT2D eigenvalue weighted by molar-refractivity contribution is -0.146. The molecular formula is C33H40N2O5. The highest BCUT2D eigenvalue weighted by atomic mass is 16.5. The number of nitrogens with zero attached hydrogens (tertiary/aromatic N) is 1. The van der Waals surface area contributed by atoms with E-state index in [-0.39, 0.29) is 12.5 Å². The summed E-state index contributed by atoms with van der Waals surface area (Å²) in [6.07, 6.45) is 1.48. The van der Waals surface area contributed by atoms with Crippen LogP contribution in [0.4, 0.5) is 5.69 Å². The van der Waals surface area contributed by atoms with Crippen molar-refractivity contribution < 1.29 is 24.2 Å². The number of esters is 1. The number of aliphatic carboxylic acids is 1. The van der Waals surface area contributed by atoms with Gasteiger partial charge in [-0.15, -0.1) is 0 Å². The van der Waals surface area contributed by atoms with Gasteiger partial charge >= 0.3 is 11.9 Å². The number of carboxylic acids is 1. The Morgan fingerprint density at radius 3 is 1.95 bits per heavy atom. The molecule has 0 spiro atoms. The Hall–Kier alpha value is -3.97. The third-order valence-corrected chi connectivity index (χ3v) is 6.78. The number of aryl methyl sites for hydroxylation is 1. The van der Waals surface area contributed by atoms with Crippen LogP contribution in [0.25, 0.3) is 11.1 Å². The standard InChI is InChI=1S/C33H40N2O5/c1-5-40-33(39)29(21-16-25-12-8-6-9-13-25)34-30(22-23(2)3)31(36)35(24(4)32(37)38)28-19-17-27(18-20-28)26-14-10-7-11-15-26/h6-15,17-20,23-24,29-30,34H,5,16,21-22H2,1-4H3,(H,37,38)/t24-,29-,30-/m0/s1. The van der Waals surface area contributed by atoms with Crippen molar-refractivity contribution in [3.05, 3.63) is 90.5 Å². The zero-order chi connectivity index (χ0) is 29.1. The number of rotatable bonds is 14. The molecule has 0 aliphatic carbocycles. The molecule has 0 fully saturated rings. The summed E-state index contributed by atoms with van der Waals surface area (Å²) < 4.78 is 5.34. The fourth-order valence-corrected chi connectivity index (χ4v) is 4.69. The van der Waals surface area contributed by atoms with E-state index in [1.54, 1.807) is 19.1 Å². The maximum atomic E-state index is 14.1. The summed E-state index contributed by atoms with van der Waals surface area (Å²) in [5.41, 5.74) is 3.53. The van der Waals surface area contributed by atoms with E-state index >= 15 is 0 Å². The number of benzene rings is 3. The average Bonchev–Trinajstić information content (AvgIpc) is 2.95. The third-order valence-electron chi connectivity index (χ3n) is 6.78. The minimum absolute atomic E-state index is 0.112. The van der Waals surface area contributed by atoms with E-state index in [1.807, 2.05) is 86.6 Å². The summed E-state index contributed by atoms with van der Waals surface area (Å²) in [7, 11) is 0. The molecule has 0 radical (unpaired) electrons. The van der Waals surface area contributed by atoms with Gasteiger partial charge < -0.3 is 9.84 Å². The molecule has 0 aliphatic heterocycles. The molecule has 212 valence electrons. The second-order valence-corrected chi connectivity index (χ2v) is 10.3. The molecule has 7 nitrogen and oxygen atoms in total. The number of hydrogen-bond acceptors (Lipinski definition) is 5. The number of carboxylic acid groups (broad SMARTS) is 1. The highest BCUT2D eigenvalue weighted by molar-refractivity contribution is 6.02. The van der Waals surface area contributed by atoms with E-state index in [0.29, 0.717) is 24.9 Å². The molecule has 40 heavy (non-hydrogen) atoms. The van der Waals surface area contributed by atoms with Crippen molar-refractivity contribution in [2.75, 3.05) is 11.5 Å². The van der Waals surface area contributed by atoms with Crippen molar-refractivity contribution in [2.24, 2.45) is 5.92 Å². The van der Waals surface area contributed by atoms with Gasteiger partial charge in [-0.25, -0.2) is 4.79 Å². The maximum Gasteiger partial charge on any atom is 0.326 e. The van der Waals surface area contributed by atoms with Gasteiger partial charge in [0.15, 0.2) is 0 Å². The number of carbonyl (C=O) groups is 3. The lowest BCUT2D eigenvalue weighted by Crippen LogP contribution is -2.56. The molecule has 2 N–H and O–H groups in total. The van der Waals surface area contributed by atoms with Crippen molar-refractivity contribution in [2.45, 2.75) is 65.1 Å². The molecule has 0 aromatic heterocycles.